The van der Waals surface area contributed by atoms with Crippen molar-refractivity contribution in [1.29, 1.82) is 0 Å². The van der Waals surface area contributed by atoms with Crippen molar-refractivity contribution < 1.29 is 19.1 Å². The van der Waals surface area contributed by atoms with Crippen LogP contribution in [0.5, 0.6) is 5.75 Å². The van der Waals surface area contributed by atoms with Gasteiger partial charge >= 0.3 is 5.97 Å². The monoisotopic (exact) mass is 277 g/mol. The molecule has 0 radical (unpaired) electrons. The molecule has 1 aromatic rings. The molecule has 20 heavy (non-hydrogen) atoms. The molecule has 0 spiro atoms. The van der Waals surface area contributed by atoms with E-state index in [9.17, 15) is 9.59 Å². The van der Waals surface area contributed by atoms with E-state index in [1.165, 1.54) is 0 Å². The highest BCUT2D eigenvalue weighted by molar-refractivity contribution is 5.92. The van der Waals surface area contributed by atoms with E-state index in [0.29, 0.717) is 24.7 Å². The molecule has 0 saturated heterocycles. The molecular formula is C15H19NO4. The SMILES string of the molecule is C=CCOc1ccc(NC(=O)CCC(=O)OCC)cc1. The van der Waals surface area contributed by atoms with Crippen LogP contribution in [0, 0.1) is 0 Å². The molecular weight excluding hydrogens is 258 g/mol. The summed E-state index contributed by atoms with van der Waals surface area (Å²) in [5.41, 5.74) is 0.657. The van der Waals surface area contributed by atoms with Crippen LogP contribution in [0.2, 0.25) is 0 Å². The zero-order chi connectivity index (χ0) is 14.8. The molecule has 0 saturated carbocycles. The first kappa shape index (κ1) is 15.8. The third-order valence-electron chi connectivity index (χ3n) is 2.37. The largest absolute Gasteiger partial charge is 0.490 e. The van der Waals surface area contributed by atoms with Crippen LogP contribution >= 0.6 is 0 Å². The summed E-state index contributed by atoms with van der Waals surface area (Å²) >= 11 is 0. The van der Waals surface area contributed by atoms with Gasteiger partial charge in [0.05, 0.1) is 13.0 Å². The zero-order valence-corrected chi connectivity index (χ0v) is 11.6. The fourth-order valence-electron chi connectivity index (χ4n) is 1.46. The first-order valence-corrected chi connectivity index (χ1v) is 6.45. The van der Waals surface area contributed by atoms with Crippen LogP contribution in [0.25, 0.3) is 0 Å². The summed E-state index contributed by atoms with van der Waals surface area (Å²) in [7, 11) is 0. The molecule has 0 aliphatic rings. The Bertz CT molecular complexity index is 453. The molecule has 0 fully saturated rings. The molecule has 0 heterocycles. The van der Waals surface area contributed by atoms with Gasteiger partial charge in [0.25, 0.3) is 0 Å². The Morgan fingerprint density at radius 2 is 1.95 bits per heavy atom. The van der Waals surface area contributed by atoms with E-state index in [-0.39, 0.29) is 24.7 Å². The van der Waals surface area contributed by atoms with E-state index in [1.54, 1.807) is 37.3 Å². The standard InChI is InChI=1S/C15H19NO4/c1-3-11-20-13-7-5-12(6-8-13)16-14(17)9-10-15(18)19-4-2/h3,5-8H,1,4,9-11H2,2H3,(H,16,17). The predicted molar refractivity (Wildman–Crippen MR) is 76.6 cm³/mol. The van der Waals surface area contributed by atoms with Gasteiger partial charge in [-0.2, -0.15) is 0 Å². The second-order valence-corrected chi connectivity index (χ2v) is 3.98. The van der Waals surface area contributed by atoms with Gasteiger partial charge in [-0.3, -0.25) is 9.59 Å². The molecule has 0 atom stereocenters. The molecule has 108 valence electrons. The van der Waals surface area contributed by atoms with Gasteiger partial charge in [0.2, 0.25) is 5.91 Å². The quantitative estimate of drug-likeness (QED) is 0.586. The molecule has 1 amide bonds. The van der Waals surface area contributed by atoms with E-state index in [1.807, 2.05) is 0 Å². The summed E-state index contributed by atoms with van der Waals surface area (Å²) < 4.78 is 10.1. The summed E-state index contributed by atoms with van der Waals surface area (Å²) in [6.07, 6.45) is 1.85. The Kier molecular flexibility index (Phi) is 6.89. The lowest BCUT2D eigenvalue weighted by Crippen LogP contribution is -2.14. The number of nitrogens with one attached hydrogen (secondary N) is 1. The molecule has 0 aromatic heterocycles. The molecule has 5 heteroatoms. The minimum absolute atomic E-state index is 0.0835. The van der Waals surface area contributed by atoms with Gasteiger partial charge in [0.1, 0.15) is 12.4 Å². The third kappa shape index (κ3) is 6.04. The van der Waals surface area contributed by atoms with Crippen LogP contribution in [0.3, 0.4) is 0 Å². The molecule has 1 N–H and O–H groups in total. The van der Waals surface area contributed by atoms with E-state index in [0.717, 1.165) is 0 Å². The van der Waals surface area contributed by atoms with Crippen molar-refractivity contribution in [1.82, 2.24) is 0 Å². The topological polar surface area (TPSA) is 64.6 Å². The van der Waals surface area contributed by atoms with Crippen molar-refractivity contribution in [3.63, 3.8) is 0 Å². The van der Waals surface area contributed by atoms with Crippen molar-refractivity contribution in [3.8, 4) is 5.75 Å². The number of hydrogen-bond acceptors (Lipinski definition) is 4. The summed E-state index contributed by atoms with van der Waals surface area (Å²) in [5, 5.41) is 2.70. The second-order valence-electron chi connectivity index (χ2n) is 3.98. The van der Waals surface area contributed by atoms with E-state index in [2.05, 4.69) is 11.9 Å². The number of ether oxygens (including phenoxy) is 2. The molecule has 0 aliphatic heterocycles. The van der Waals surface area contributed by atoms with Gasteiger partial charge in [-0.15, -0.1) is 0 Å². The predicted octanol–water partition coefficient (Wildman–Crippen LogP) is 2.53. The third-order valence-corrected chi connectivity index (χ3v) is 2.37. The van der Waals surface area contributed by atoms with Gasteiger partial charge in [0.15, 0.2) is 0 Å². The molecule has 5 nitrogen and oxygen atoms in total. The maximum absolute atomic E-state index is 11.6. The van der Waals surface area contributed by atoms with Crippen LogP contribution in [0.1, 0.15) is 19.8 Å². The number of anilines is 1. The Morgan fingerprint density at radius 1 is 1.25 bits per heavy atom. The summed E-state index contributed by atoms with van der Waals surface area (Å²) in [6.45, 7) is 6.05. The zero-order valence-electron chi connectivity index (χ0n) is 11.6. The fraction of sp³-hybridized carbons (Fsp3) is 0.333. The van der Waals surface area contributed by atoms with Crippen LogP contribution in [0.4, 0.5) is 5.69 Å². The second kappa shape index (κ2) is 8.74. The maximum atomic E-state index is 11.6. The Morgan fingerprint density at radius 3 is 2.55 bits per heavy atom. The minimum Gasteiger partial charge on any atom is -0.490 e. The highest BCUT2D eigenvalue weighted by atomic mass is 16.5. The van der Waals surface area contributed by atoms with Crippen molar-refractivity contribution >= 4 is 17.6 Å². The van der Waals surface area contributed by atoms with Gasteiger partial charge in [-0.25, -0.2) is 0 Å². The molecule has 1 aromatic carbocycles. The van der Waals surface area contributed by atoms with Gasteiger partial charge in [-0.1, -0.05) is 12.7 Å². The Balaban J connectivity index is 2.38. The molecule has 0 bridgehead atoms. The normalized spacial score (nSPS) is 9.65. The number of hydrogen-bond donors (Lipinski definition) is 1. The minimum atomic E-state index is -0.365. The van der Waals surface area contributed by atoms with Gasteiger partial charge in [-0.05, 0) is 31.2 Å². The number of rotatable bonds is 8. The highest BCUT2D eigenvalue weighted by Crippen LogP contribution is 2.16. The van der Waals surface area contributed by atoms with Crippen LogP contribution in [0.15, 0.2) is 36.9 Å². The van der Waals surface area contributed by atoms with Gasteiger partial charge < -0.3 is 14.8 Å². The van der Waals surface area contributed by atoms with Crippen molar-refractivity contribution in [3.05, 3.63) is 36.9 Å². The van der Waals surface area contributed by atoms with Gasteiger partial charge in [0, 0.05) is 12.1 Å². The summed E-state index contributed by atoms with van der Waals surface area (Å²) in [4.78, 5) is 22.7. The van der Waals surface area contributed by atoms with E-state index in [4.69, 9.17) is 9.47 Å². The fourth-order valence-corrected chi connectivity index (χ4v) is 1.46. The molecule has 0 aliphatic carbocycles. The molecule has 1 rings (SSSR count). The maximum Gasteiger partial charge on any atom is 0.306 e. The van der Waals surface area contributed by atoms with Crippen LogP contribution < -0.4 is 10.1 Å². The number of carbonyl (C=O) groups is 2. The van der Waals surface area contributed by atoms with Crippen LogP contribution in [-0.4, -0.2) is 25.1 Å². The van der Waals surface area contributed by atoms with Crippen molar-refractivity contribution in [2.24, 2.45) is 0 Å². The Labute approximate surface area is 118 Å². The number of carbonyl (C=O) groups excluding carboxylic acids is 2. The summed E-state index contributed by atoms with van der Waals surface area (Å²) in [5.74, 6) is 0.114. The first-order chi connectivity index (χ1) is 9.65. The van der Waals surface area contributed by atoms with E-state index < -0.39 is 0 Å². The van der Waals surface area contributed by atoms with Crippen LogP contribution in [-0.2, 0) is 14.3 Å². The summed E-state index contributed by atoms with van der Waals surface area (Å²) in [6, 6.07) is 6.98. The highest BCUT2D eigenvalue weighted by Gasteiger charge is 2.07. The van der Waals surface area contributed by atoms with E-state index >= 15 is 0 Å². The molecule has 0 unspecified atom stereocenters. The lowest BCUT2D eigenvalue weighted by atomic mass is 10.2. The average Bonchev–Trinajstić information content (AvgIpc) is 2.45. The lowest BCUT2D eigenvalue weighted by Gasteiger charge is -2.07. The van der Waals surface area contributed by atoms with Crippen molar-refractivity contribution in [2.75, 3.05) is 18.5 Å². The lowest BCUT2D eigenvalue weighted by molar-refractivity contribution is -0.144. The smallest absolute Gasteiger partial charge is 0.306 e. The number of amides is 1. The first-order valence-electron chi connectivity index (χ1n) is 6.45. The number of esters is 1. The Hall–Kier alpha value is -2.30. The van der Waals surface area contributed by atoms with Crippen molar-refractivity contribution in [2.45, 2.75) is 19.8 Å². The average molecular weight is 277 g/mol. The number of benzene rings is 1.